The molecule has 0 bridgehead atoms. The van der Waals surface area contributed by atoms with Gasteiger partial charge in [0.05, 0.1) is 13.7 Å². The molecule has 11 heavy (non-hydrogen) atoms. The number of rotatable bonds is 3. The maximum Gasteiger partial charge on any atom is 0.323 e. The van der Waals surface area contributed by atoms with Crippen molar-refractivity contribution >= 4 is 5.97 Å². The molecule has 1 atom stereocenters. The van der Waals surface area contributed by atoms with Crippen molar-refractivity contribution in [2.75, 3.05) is 13.7 Å². The third kappa shape index (κ3) is 2.48. The van der Waals surface area contributed by atoms with Gasteiger partial charge < -0.3 is 15.6 Å². The minimum Gasteiger partial charge on any atom is -0.468 e. The van der Waals surface area contributed by atoms with Crippen LogP contribution in [0.2, 0.25) is 0 Å². The molecule has 1 unspecified atom stereocenters. The highest BCUT2D eigenvalue weighted by Crippen LogP contribution is 2.18. The first-order valence-corrected chi connectivity index (χ1v) is 3.40. The zero-order valence-corrected chi connectivity index (χ0v) is 7.13. The molecule has 0 aromatic rings. The summed E-state index contributed by atoms with van der Waals surface area (Å²) in [5.41, 5.74) is 4.86. The van der Waals surface area contributed by atoms with E-state index in [0.29, 0.717) is 0 Å². The second-order valence-corrected chi connectivity index (χ2v) is 3.15. The van der Waals surface area contributed by atoms with Gasteiger partial charge in [-0.3, -0.25) is 4.79 Å². The molecule has 0 fully saturated rings. The number of esters is 1. The van der Waals surface area contributed by atoms with Crippen molar-refractivity contribution in [1.29, 1.82) is 0 Å². The predicted octanol–water partition coefficient (Wildman–Crippen LogP) is -0.495. The van der Waals surface area contributed by atoms with Crippen molar-refractivity contribution in [3.63, 3.8) is 0 Å². The smallest absolute Gasteiger partial charge is 0.323 e. The van der Waals surface area contributed by atoms with Gasteiger partial charge in [-0.05, 0) is 0 Å². The zero-order valence-electron chi connectivity index (χ0n) is 7.13. The number of hydrogen-bond acceptors (Lipinski definition) is 4. The molecule has 3 N–H and O–H groups in total. The van der Waals surface area contributed by atoms with E-state index >= 15 is 0 Å². The number of carbonyl (C=O) groups excluding carboxylic acids is 1. The number of hydrogen-bond donors (Lipinski definition) is 2. The van der Waals surface area contributed by atoms with E-state index in [1.54, 1.807) is 13.8 Å². The third-order valence-electron chi connectivity index (χ3n) is 1.70. The minimum absolute atomic E-state index is 0.136. The Morgan fingerprint density at radius 1 is 1.73 bits per heavy atom. The van der Waals surface area contributed by atoms with E-state index in [0.717, 1.165) is 0 Å². The van der Waals surface area contributed by atoms with E-state index in [1.807, 2.05) is 0 Å². The fourth-order valence-corrected chi connectivity index (χ4v) is 0.544. The summed E-state index contributed by atoms with van der Waals surface area (Å²) < 4.78 is 4.43. The monoisotopic (exact) mass is 161 g/mol. The van der Waals surface area contributed by atoms with Crippen molar-refractivity contribution in [2.24, 2.45) is 11.1 Å². The molecule has 4 heteroatoms. The van der Waals surface area contributed by atoms with E-state index in [4.69, 9.17) is 10.8 Å². The van der Waals surface area contributed by atoms with Crippen LogP contribution in [0.25, 0.3) is 0 Å². The van der Waals surface area contributed by atoms with Crippen molar-refractivity contribution in [2.45, 2.75) is 19.9 Å². The standard InChI is InChI=1S/C7H15NO3/c1-7(2,4-9)5(8)6(10)11-3/h5,9H,4,8H2,1-3H3. The molecule has 0 saturated carbocycles. The molecule has 0 saturated heterocycles. The Hall–Kier alpha value is -0.610. The van der Waals surface area contributed by atoms with Gasteiger partial charge in [-0.15, -0.1) is 0 Å². The number of nitrogens with two attached hydrogens (primary N) is 1. The van der Waals surface area contributed by atoms with E-state index in [2.05, 4.69) is 4.74 Å². The van der Waals surface area contributed by atoms with E-state index in [1.165, 1.54) is 7.11 Å². The highest BCUT2D eigenvalue weighted by atomic mass is 16.5. The molecule has 0 aliphatic rings. The Kier molecular flexibility index (Phi) is 3.48. The summed E-state index contributed by atoms with van der Waals surface area (Å²) in [5.74, 6) is -0.496. The van der Waals surface area contributed by atoms with Crippen LogP contribution in [-0.2, 0) is 9.53 Å². The second kappa shape index (κ2) is 3.69. The van der Waals surface area contributed by atoms with E-state index in [9.17, 15) is 4.79 Å². The molecule has 0 rings (SSSR count). The number of methoxy groups -OCH3 is 1. The first-order valence-electron chi connectivity index (χ1n) is 3.40. The minimum atomic E-state index is -0.766. The summed E-state index contributed by atoms with van der Waals surface area (Å²) >= 11 is 0. The molecule has 0 aromatic heterocycles. The molecular weight excluding hydrogens is 146 g/mol. The van der Waals surface area contributed by atoms with E-state index in [-0.39, 0.29) is 6.61 Å². The van der Waals surface area contributed by atoms with Crippen molar-refractivity contribution in [3.8, 4) is 0 Å². The van der Waals surface area contributed by atoms with Crippen LogP contribution in [0.4, 0.5) is 0 Å². The molecule has 66 valence electrons. The summed E-state index contributed by atoms with van der Waals surface area (Å²) in [6.45, 7) is 3.27. The lowest BCUT2D eigenvalue weighted by molar-refractivity contribution is -0.145. The highest BCUT2D eigenvalue weighted by molar-refractivity contribution is 5.76. The average Bonchev–Trinajstić information content (AvgIpc) is 2.01. The number of aliphatic hydroxyl groups excluding tert-OH is 1. The van der Waals surface area contributed by atoms with Crippen LogP contribution < -0.4 is 5.73 Å². The largest absolute Gasteiger partial charge is 0.468 e. The topological polar surface area (TPSA) is 72.5 Å². The fourth-order valence-electron chi connectivity index (χ4n) is 0.544. The number of carbonyl (C=O) groups is 1. The Morgan fingerprint density at radius 2 is 2.18 bits per heavy atom. The van der Waals surface area contributed by atoms with Crippen molar-refractivity contribution < 1.29 is 14.6 Å². The van der Waals surface area contributed by atoms with Gasteiger partial charge >= 0.3 is 5.97 Å². The number of aliphatic hydroxyl groups is 1. The molecule has 0 spiro atoms. The summed E-state index contributed by atoms with van der Waals surface area (Å²) in [6.07, 6.45) is 0. The predicted molar refractivity (Wildman–Crippen MR) is 40.9 cm³/mol. The lowest BCUT2D eigenvalue weighted by Crippen LogP contribution is -2.46. The van der Waals surface area contributed by atoms with Crippen LogP contribution in [0.1, 0.15) is 13.8 Å². The lowest BCUT2D eigenvalue weighted by atomic mass is 9.86. The summed E-state index contributed by atoms with van der Waals surface area (Å²) in [6, 6.07) is -0.766. The van der Waals surface area contributed by atoms with Gasteiger partial charge in [0, 0.05) is 5.41 Å². The molecule has 0 aliphatic carbocycles. The van der Waals surface area contributed by atoms with Gasteiger partial charge in [0.2, 0.25) is 0 Å². The SMILES string of the molecule is COC(=O)C(N)C(C)(C)CO. The summed E-state index contributed by atoms with van der Waals surface area (Å²) in [4.78, 5) is 10.9. The van der Waals surface area contributed by atoms with Gasteiger partial charge in [0.1, 0.15) is 6.04 Å². The average molecular weight is 161 g/mol. The Balaban J connectivity index is 4.22. The Morgan fingerprint density at radius 3 is 2.45 bits per heavy atom. The quantitative estimate of drug-likeness (QED) is 0.547. The molecule has 0 aliphatic heterocycles. The molecular formula is C7H15NO3. The van der Waals surface area contributed by atoms with Crippen molar-refractivity contribution in [1.82, 2.24) is 0 Å². The Labute approximate surface area is 66.3 Å². The zero-order chi connectivity index (χ0) is 9.07. The van der Waals surface area contributed by atoms with Crippen LogP contribution in [-0.4, -0.2) is 30.8 Å². The Bertz CT molecular complexity index is 145. The first-order chi connectivity index (χ1) is 4.95. The summed E-state index contributed by atoms with van der Waals surface area (Å²) in [5, 5.41) is 8.82. The first kappa shape index (κ1) is 10.4. The third-order valence-corrected chi connectivity index (χ3v) is 1.70. The van der Waals surface area contributed by atoms with Gasteiger partial charge in [-0.25, -0.2) is 0 Å². The van der Waals surface area contributed by atoms with Crippen molar-refractivity contribution in [3.05, 3.63) is 0 Å². The van der Waals surface area contributed by atoms with E-state index < -0.39 is 17.4 Å². The van der Waals surface area contributed by atoms with Crippen LogP contribution >= 0.6 is 0 Å². The highest BCUT2D eigenvalue weighted by Gasteiger charge is 2.31. The van der Waals surface area contributed by atoms with Gasteiger partial charge in [0.25, 0.3) is 0 Å². The lowest BCUT2D eigenvalue weighted by Gasteiger charge is -2.26. The maximum absolute atomic E-state index is 10.9. The van der Waals surface area contributed by atoms with Crippen LogP contribution in [0.3, 0.4) is 0 Å². The number of ether oxygens (including phenoxy) is 1. The molecule has 0 radical (unpaired) electrons. The maximum atomic E-state index is 10.9. The normalized spacial score (nSPS) is 14.3. The molecule has 0 aromatic carbocycles. The fraction of sp³-hybridized carbons (Fsp3) is 0.857. The summed E-state index contributed by atoms with van der Waals surface area (Å²) in [7, 11) is 1.27. The van der Waals surface area contributed by atoms with Crippen LogP contribution in [0.5, 0.6) is 0 Å². The second-order valence-electron chi connectivity index (χ2n) is 3.15. The molecule has 4 nitrogen and oxygen atoms in total. The molecule has 0 heterocycles. The molecule has 0 amide bonds. The van der Waals surface area contributed by atoms with Crippen LogP contribution in [0.15, 0.2) is 0 Å². The van der Waals surface area contributed by atoms with Gasteiger partial charge in [-0.1, -0.05) is 13.8 Å². The van der Waals surface area contributed by atoms with Crippen LogP contribution in [0, 0.1) is 5.41 Å². The van der Waals surface area contributed by atoms with Gasteiger partial charge in [0.15, 0.2) is 0 Å². The van der Waals surface area contributed by atoms with Gasteiger partial charge in [-0.2, -0.15) is 0 Å².